The third kappa shape index (κ3) is 6.11. The molecule has 1 saturated carbocycles. The Labute approximate surface area is 210 Å². The minimum absolute atomic E-state index is 0.0539. The number of aromatic nitrogens is 3. The van der Waals surface area contributed by atoms with Crippen LogP contribution in [0.3, 0.4) is 0 Å². The molecular weight excluding hydrogens is 463 g/mol. The predicted molar refractivity (Wildman–Crippen MR) is 137 cm³/mol. The van der Waals surface area contributed by atoms with Gasteiger partial charge in [-0.25, -0.2) is 4.39 Å². The standard InChI is InChI=1S/C27H31FN4O2S/c1-3-17-31-26(23-11-7-8-12-24(23)34-2)29-30-27(31)35-19-25(33)32(22-9-5-4-6-10-22)18-20-13-15-21(28)16-14-20/h3,7-8,11-16,22H,1,4-6,9-10,17-19H2,2H3. The molecule has 0 N–H and O–H groups in total. The van der Waals surface area contributed by atoms with Gasteiger partial charge in [-0.05, 0) is 42.7 Å². The van der Waals surface area contributed by atoms with Gasteiger partial charge in [0.1, 0.15) is 11.6 Å². The number of hydrogen-bond donors (Lipinski definition) is 0. The maximum atomic E-state index is 13.5. The van der Waals surface area contributed by atoms with Crippen LogP contribution in [-0.2, 0) is 17.9 Å². The number of thioether (sulfide) groups is 1. The van der Waals surface area contributed by atoms with E-state index in [2.05, 4.69) is 16.8 Å². The Morgan fingerprint density at radius 3 is 2.63 bits per heavy atom. The molecule has 2 aromatic carbocycles. The molecule has 0 bridgehead atoms. The first-order chi connectivity index (χ1) is 17.1. The number of amides is 1. The minimum Gasteiger partial charge on any atom is -0.496 e. The van der Waals surface area contributed by atoms with Gasteiger partial charge in [-0.15, -0.1) is 16.8 Å². The zero-order valence-electron chi connectivity index (χ0n) is 20.0. The maximum absolute atomic E-state index is 13.5. The lowest BCUT2D eigenvalue weighted by Gasteiger charge is -2.34. The SMILES string of the molecule is C=CCn1c(SCC(=O)N(Cc2ccc(F)cc2)C2CCCCC2)nnc1-c1ccccc1OC. The number of rotatable bonds is 10. The molecule has 6 nitrogen and oxygen atoms in total. The minimum atomic E-state index is -0.271. The molecule has 0 atom stereocenters. The van der Waals surface area contributed by atoms with Crippen LogP contribution in [0.5, 0.6) is 5.75 Å². The quantitative estimate of drug-likeness (QED) is 0.266. The molecule has 8 heteroatoms. The fourth-order valence-corrected chi connectivity index (χ4v) is 5.36. The second kappa shape index (κ2) is 12.0. The van der Waals surface area contributed by atoms with Crippen LogP contribution in [-0.4, -0.2) is 44.5 Å². The van der Waals surface area contributed by atoms with Gasteiger partial charge in [-0.2, -0.15) is 0 Å². The van der Waals surface area contributed by atoms with E-state index in [9.17, 15) is 9.18 Å². The van der Waals surface area contributed by atoms with Gasteiger partial charge >= 0.3 is 0 Å². The molecule has 1 aliphatic carbocycles. The van der Waals surface area contributed by atoms with E-state index >= 15 is 0 Å². The molecule has 0 spiro atoms. The second-order valence-electron chi connectivity index (χ2n) is 8.63. The van der Waals surface area contributed by atoms with Crippen molar-refractivity contribution in [2.75, 3.05) is 12.9 Å². The molecule has 35 heavy (non-hydrogen) atoms. The van der Waals surface area contributed by atoms with Gasteiger partial charge in [0.15, 0.2) is 11.0 Å². The van der Waals surface area contributed by atoms with E-state index < -0.39 is 0 Å². The number of nitrogens with zero attached hydrogens (tertiary/aromatic N) is 4. The predicted octanol–water partition coefficient (Wildman–Crippen LogP) is 5.73. The number of allylic oxidation sites excluding steroid dienone is 1. The number of para-hydroxylation sites is 1. The van der Waals surface area contributed by atoms with Crippen LogP contribution in [0.25, 0.3) is 11.4 Å². The topological polar surface area (TPSA) is 60.2 Å². The van der Waals surface area contributed by atoms with Crippen molar-refractivity contribution in [3.63, 3.8) is 0 Å². The average molecular weight is 495 g/mol. The van der Waals surface area contributed by atoms with Crippen LogP contribution in [0, 0.1) is 5.82 Å². The van der Waals surface area contributed by atoms with Crippen molar-refractivity contribution in [3.05, 3.63) is 72.6 Å². The molecular formula is C27H31FN4O2S. The van der Waals surface area contributed by atoms with Crippen molar-refractivity contribution in [1.29, 1.82) is 0 Å². The summed E-state index contributed by atoms with van der Waals surface area (Å²) in [5.74, 6) is 1.41. The number of hydrogen-bond acceptors (Lipinski definition) is 5. The first kappa shape index (κ1) is 25.0. The van der Waals surface area contributed by atoms with Gasteiger partial charge in [0.05, 0.1) is 18.4 Å². The summed E-state index contributed by atoms with van der Waals surface area (Å²) in [7, 11) is 1.63. The zero-order valence-corrected chi connectivity index (χ0v) is 20.8. The Bertz CT molecular complexity index is 1140. The first-order valence-corrected chi connectivity index (χ1v) is 12.9. The molecule has 4 rings (SSSR count). The van der Waals surface area contributed by atoms with Crippen molar-refractivity contribution in [2.24, 2.45) is 0 Å². The smallest absolute Gasteiger partial charge is 0.233 e. The Morgan fingerprint density at radius 2 is 1.91 bits per heavy atom. The van der Waals surface area contributed by atoms with E-state index in [1.807, 2.05) is 33.7 Å². The Morgan fingerprint density at radius 1 is 1.17 bits per heavy atom. The second-order valence-corrected chi connectivity index (χ2v) is 9.58. The Balaban J connectivity index is 1.53. The van der Waals surface area contributed by atoms with Gasteiger partial charge in [-0.3, -0.25) is 9.36 Å². The van der Waals surface area contributed by atoms with E-state index in [0.717, 1.165) is 36.8 Å². The number of halogens is 1. The third-order valence-electron chi connectivity index (χ3n) is 6.30. The summed E-state index contributed by atoms with van der Waals surface area (Å²) in [6.45, 7) is 4.87. The summed E-state index contributed by atoms with van der Waals surface area (Å²) in [6, 6.07) is 14.3. The summed E-state index contributed by atoms with van der Waals surface area (Å²) in [4.78, 5) is 15.4. The average Bonchev–Trinajstić information content (AvgIpc) is 3.29. The monoisotopic (exact) mass is 494 g/mol. The number of carbonyl (C=O) groups excluding carboxylic acids is 1. The Hall–Kier alpha value is -3.13. The van der Waals surface area contributed by atoms with E-state index in [1.54, 1.807) is 25.3 Å². The van der Waals surface area contributed by atoms with Crippen LogP contribution in [0.15, 0.2) is 66.3 Å². The largest absolute Gasteiger partial charge is 0.496 e. The van der Waals surface area contributed by atoms with Gasteiger partial charge < -0.3 is 9.64 Å². The number of methoxy groups -OCH3 is 1. The highest BCUT2D eigenvalue weighted by molar-refractivity contribution is 7.99. The molecule has 0 unspecified atom stereocenters. The summed E-state index contributed by atoms with van der Waals surface area (Å²) < 4.78 is 20.9. The summed E-state index contributed by atoms with van der Waals surface area (Å²) in [5.41, 5.74) is 1.77. The molecule has 0 radical (unpaired) electrons. The molecule has 0 aliphatic heterocycles. The summed E-state index contributed by atoms with van der Waals surface area (Å²) in [6.07, 6.45) is 7.25. The van der Waals surface area contributed by atoms with Crippen LogP contribution < -0.4 is 4.74 Å². The van der Waals surface area contributed by atoms with Crippen molar-refractivity contribution in [1.82, 2.24) is 19.7 Å². The lowest BCUT2D eigenvalue weighted by molar-refractivity contribution is -0.132. The van der Waals surface area contributed by atoms with E-state index in [-0.39, 0.29) is 23.5 Å². The normalized spacial score (nSPS) is 14.0. The van der Waals surface area contributed by atoms with Crippen molar-refractivity contribution < 1.29 is 13.9 Å². The molecule has 1 heterocycles. The van der Waals surface area contributed by atoms with E-state index in [1.165, 1.54) is 30.3 Å². The van der Waals surface area contributed by atoms with Crippen LogP contribution in [0.1, 0.15) is 37.7 Å². The lowest BCUT2D eigenvalue weighted by atomic mass is 9.94. The zero-order chi connectivity index (χ0) is 24.6. The van der Waals surface area contributed by atoms with Gasteiger partial charge in [0, 0.05) is 19.1 Å². The molecule has 1 amide bonds. The number of ether oxygens (including phenoxy) is 1. The van der Waals surface area contributed by atoms with Crippen molar-refractivity contribution in [3.8, 4) is 17.1 Å². The third-order valence-corrected chi connectivity index (χ3v) is 7.25. The lowest BCUT2D eigenvalue weighted by Crippen LogP contribution is -2.42. The molecule has 184 valence electrons. The fourth-order valence-electron chi connectivity index (χ4n) is 4.53. The summed E-state index contributed by atoms with van der Waals surface area (Å²) >= 11 is 1.38. The van der Waals surface area contributed by atoms with Gasteiger partial charge in [0.2, 0.25) is 5.91 Å². The number of carbonyl (C=O) groups is 1. The molecule has 1 aromatic heterocycles. The molecule has 3 aromatic rings. The first-order valence-electron chi connectivity index (χ1n) is 11.9. The van der Waals surface area contributed by atoms with Crippen LogP contribution >= 0.6 is 11.8 Å². The highest BCUT2D eigenvalue weighted by Crippen LogP contribution is 2.31. The van der Waals surface area contributed by atoms with Gasteiger partial charge in [0.25, 0.3) is 0 Å². The van der Waals surface area contributed by atoms with Crippen LogP contribution in [0.2, 0.25) is 0 Å². The van der Waals surface area contributed by atoms with Crippen molar-refractivity contribution >= 4 is 17.7 Å². The van der Waals surface area contributed by atoms with Crippen LogP contribution in [0.4, 0.5) is 4.39 Å². The number of benzene rings is 2. The van der Waals surface area contributed by atoms with E-state index in [4.69, 9.17) is 4.74 Å². The highest BCUT2D eigenvalue weighted by Gasteiger charge is 2.26. The molecule has 1 aliphatic rings. The maximum Gasteiger partial charge on any atom is 0.233 e. The fraction of sp³-hybridized carbons (Fsp3) is 0.370. The molecule has 0 saturated heterocycles. The molecule has 1 fully saturated rings. The summed E-state index contributed by atoms with van der Waals surface area (Å²) in [5, 5.41) is 9.45. The van der Waals surface area contributed by atoms with Gasteiger partial charge in [-0.1, -0.05) is 61.4 Å². The highest BCUT2D eigenvalue weighted by atomic mass is 32.2. The Kier molecular flexibility index (Phi) is 8.58. The van der Waals surface area contributed by atoms with Crippen molar-refractivity contribution in [2.45, 2.75) is 56.4 Å². The van der Waals surface area contributed by atoms with E-state index in [0.29, 0.717) is 29.8 Å².